The summed E-state index contributed by atoms with van der Waals surface area (Å²) in [6.07, 6.45) is 2.83. The molecule has 26 heavy (non-hydrogen) atoms. The van der Waals surface area contributed by atoms with E-state index in [9.17, 15) is 14.9 Å². The first-order valence-electron chi connectivity index (χ1n) is 8.96. The molecule has 7 heteroatoms. The second-order valence-electron chi connectivity index (χ2n) is 7.06. The van der Waals surface area contributed by atoms with Gasteiger partial charge in [0.25, 0.3) is 0 Å². The van der Waals surface area contributed by atoms with E-state index in [1.807, 2.05) is 21.9 Å². The zero-order chi connectivity index (χ0) is 18.6. The third-order valence-corrected chi connectivity index (χ3v) is 5.41. The first-order valence-corrected chi connectivity index (χ1v) is 9.34. The Morgan fingerprint density at radius 2 is 1.81 bits per heavy atom. The minimum Gasteiger partial charge on any atom is -0.340 e. The lowest BCUT2D eigenvalue weighted by Crippen LogP contribution is -2.56. The van der Waals surface area contributed by atoms with E-state index in [4.69, 9.17) is 11.6 Å². The number of rotatable bonds is 5. The van der Waals surface area contributed by atoms with Crippen molar-refractivity contribution in [3.8, 4) is 6.07 Å². The van der Waals surface area contributed by atoms with Gasteiger partial charge in [0, 0.05) is 31.2 Å². The van der Waals surface area contributed by atoms with Gasteiger partial charge in [-0.15, -0.1) is 0 Å². The molecule has 138 valence electrons. The Balaban J connectivity index is 1.42. The topological polar surface area (TPSA) is 76.4 Å². The number of hydrogen-bond acceptors (Lipinski definition) is 4. The molecule has 0 radical (unpaired) electrons. The number of nitriles is 1. The quantitative estimate of drug-likeness (QED) is 0.849. The maximum Gasteiger partial charge on any atom is 0.235 e. The fourth-order valence-corrected chi connectivity index (χ4v) is 3.47. The van der Waals surface area contributed by atoms with Crippen molar-refractivity contribution >= 4 is 23.4 Å². The third kappa shape index (κ3) is 4.54. The van der Waals surface area contributed by atoms with Crippen LogP contribution in [-0.2, 0) is 16.0 Å². The highest BCUT2D eigenvalue weighted by Crippen LogP contribution is 2.30. The van der Waals surface area contributed by atoms with Crippen LogP contribution in [0.2, 0.25) is 5.02 Å². The van der Waals surface area contributed by atoms with E-state index in [0.29, 0.717) is 37.6 Å². The molecule has 0 unspecified atom stereocenters. The molecule has 1 aliphatic heterocycles. The van der Waals surface area contributed by atoms with E-state index in [0.717, 1.165) is 24.8 Å². The Bertz CT molecular complexity index is 701. The van der Waals surface area contributed by atoms with Gasteiger partial charge in [0.05, 0.1) is 19.0 Å². The van der Waals surface area contributed by atoms with Crippen LogP contribution in [0, 0.1) is 11.3 Å². The van der Waals surface area contributed by atoms with Gasteiger partial charge < -0.3 is 10.2 Å². The average Bonchev–Trinajstić information content (AvgIpc) is 2.61. The van der Waals surface area contributed by atoms with E-state index in [1.54, 1.807) is 12.1 Å². The van der Waals surface area contributed by atoms with Crippen molar-refractivity contribution in [2.45, 2.75) is 31.2 Å². The number of halogens is 1. The summed E-state index contributed by atoms with van der Waals surface area (Å²) >= 11 is 5.87. The molecule has 0 atom stereocenters. The summed E-state index contributed by atoms with van der Waals surface area (Å²) in [5.41, 5.74) is 0.302. The van der Waals surface area contributed by atoms with Gasteiger partial charge in [0.1, 0.15) is 5.54 Å². The van der Waals surface area contributed by atoms with Crippen LogP contribution in [0.25, 0.3) is 0 Å². The molecule has 2 fully saturated rings. The number of amides is 2. The summed E-state index contributed by atoms with van der Waals surface area (Å²) in [6.45, 7) is 2.84. The van der Waals surface area contributed by atoms with Gasteiger partial charge >= 0.3 is 0 Å². The molecule has 2 amide bonds. The highest BCUT2D eigenvalue weighted by Gasteiger charge is 2.38. The van der Waals surface area contributed by atoms with Gasteiger partial charge in [0.15, 0.2) is 0 Å². The minimum atomic E-state index is -0.645. The first kappa shape index (κ1) is 18.7. The van der Waals surface area contributed by atoms with Crippen LogP contribution < -0.4 is 5.32 Å². The largest absolute Gasteiger partial charge is 0.340 e. The lowest BCUT2D eigenvalue weighted by Gasteiger charge is -2.38. The molecule has 3 rings (SSSR count). The predicted molar refractivity (Wildman–Crippen MR) is 98.5 cm³/mol. The van der Waals surface area contributed by atoms with Crippen molar-refractivity contribution in [3.63, 3.8) is 0 Å². The molecule has 1 aromatic rings. The first-order chi connectivity index (χ1) is 12.5. The predicted octanol–water partition coefficient (Wildman–Crippen LogP) is 1.59. The summed E-state index contributed by atoms with van der Waals surface area (Å²) < 4.78 is 0. The van der Waals surface area contributed by atoms with Crippen LogP contribution in [0.4, 0.5) is 0 Å². The van der Waals surface area contributed by atoms with Gasteiger partial charge in [-0.25, -0.2) is 0 Å². The zero-order valence-corrected chi connectivity index (χ0v) is 15.5. The highest BCUT2D eigenvalue weighted by molar-refractivity contribution is 6.30. The molecule has 0 bridgehead atoms. The summed E-state index contributed by atoms with van der Waals surface area (Å²) in [5, 5.41) is 12.7. The second kappa shape index (κ2) is 8.07. The standard InChI is InChI=1S/C19H23ClN4O2/c20-16-4-2-15(3-5-16)12-18(26)24-10-8-23(9-11-24)13-17(25)22-19(14-21)6-1-7-19/h2-5H,1,6-13H2,(H,22,25). The monoisotopic (exact) mass is 374 g/mol. The molecule has 0 spiro atoms. The summed E-state index contributed by atoms with van der Waals surface area (Å²) in [7, 11) is 0. The summed E-state index contributed by atoms with van der Waals surface area (Å²) in [6, 6.07) is 9.53. The Hall–Kier alpha value is -2.10. The van der Waals surface area contributed by atoms with Crippen LogP contribution in [0.1, 0.15) is 24.8 Å². The molecule has 1 heterocycles. The number of benzene rings is 1. The molecular formula is C19H23ClN4O2. The summed E-state index contributed by atoms with van der Waals surface area (Å²) in [4.78, 5) is 28.5. The Kier molecular flexibility index (Phi) is 5.80. The summed E-state index contributed by atoms with van der Waals surface area (Å²) in [5.74, 6) is -0.0125. The van der Waals surface area contributed by atoms with E-state index >= 15 is 0 Å². The van der Waals surface area contributed by atoms with E-state index in [2.05, 4.69) is 11.4 Å². The molecule has 1 aromatic carbocycles. The van der Waals surface area contributed by atoms with Crippen molar-refractivity contribution in [1.29, 1.82) is 5.26 Å². The Labute approximate surface area is 158 Å². The number of carbonyl (C=O) groups is 2. The van der Waals surface area contributed by atoms with Gasteiger partial charge in [-0.2, -0.15) is 5.26 Å². The smallest absolute Gasteiger partial charge is 0.235 e. The fraction of sp³-hybridized carbons (Fsp3) is 0.526. The molecule has 1 N–H and O–H groups in total. The second-order valence-corrected chi connectivity index (χ2v) is 7.49. The van der Waals surface area contributed by atoms with Crippen LogP contribution in [-0.4, -0.2) is 59.9 Å². The van der Waals surface area contributed by atoms with E-state index in [1.165, 1.54) is 0 Å². The van der Waals surface area contributed by atoms with Gasteiger partial charge in [-0.1, -0.05) is 23.7 Å². The van der Waals surface area contributed by atoms with Crippen LogP contribution >= 0.6 is 11.6 Å². The lowest BCUT2D eigenvalue weighted by molar-refractivity contribution is -0.132. The zero-order valence-electron chi connectivity index (χ0n) is 14.7. The molecule has 1 aliphatic carbocycles. The molecule has 1 saturated heterocycles. The Morgan fingerprint density at radius 1 is 1.15 bits per heavy atom. The number of piperazine rings is 1. The number of nitrogens with one attached hydrogen (secondary N) is 1. The number of hydrogen-bond donors (Lipinski definition) is 1. The van der Waals surface area contributed by atoms with E-state index in [-0.39, 0.29) is 18.4 Å². The molecule has 6 nitrogen and oxygen atoms in total. The van der Waals surface area contributed by atoms with E-state index < -0.39 is 5.54 Å². The maximum atomic E-state index is 12.4. The number of carbonyl (C=O) groups excluding carboxylic acids is 2. The van der Waals surface area contributed by atoms with Gasteiger partial charge in [-0.05, 0) is 37.0 Å². The Morgan fingerprint density at radius 3 is 2.35 bits per heavy atom. The van der Waals surface area contributed by atoms with Crippen LogP contribution in [0.3, 0.4) is 0 Å². The third-order valence-electron chi connectivity index (χ3n) is 5.16. The van der Waals surface area contributed by atoms with Crippen molar-refractivity contribution in [2.24, 2.45) is 0 Å². The maximum absolute atomic E-state index is 12.4. The van der Waals surface area contributed by atoms with Crippen LogP contribution in [0.15, 0.2) is 24.3 Å². The van der Waals surface area contributed by atoms with Crippen molar-refractivity contribution in [2.75, 3.05) is 32.7 Å². The average molecular weight is 375 g/mol. The van der Waals surface area contributed by atoms with Crippen molar-refractivity contribution < 1.29 is 9.59 Å². The van der Waals surface area contributed by atoms with Crippen LogP contribution in [0.5, 0.6) is 0 Å². The SMILES string of the molecule is N#CC1(NC(=O)CN2CCN(C(=O)Cc3ccc(Cl)cc3)CC2)CCC1. The van der Waals surface area contributed by atoms with Crippen molar-refractivity contribution in [3.05, 3.63) is 34.9 Å². The molecule has 0 aromatic heterocycles. The molecule has 2 aliphatic rings. The van der Waals surface area contributed by atoms with Crippen molar-refractivity contribution in [1.82, 2.24) is 15.1 Å². The fourth-order valence-electron chi connectivity index (χ4n) is 3.35. The molecular weight excluding hydrogens is 352 g/mol. The minimum absolute atomic E-state index is 0.0920. The van der Waals surface area contributed by atoms with Gasteiger partial charge in [0.2, 0.25) is 11.8 Å². The molecule has 1 saturated carbocycles. The highest BCUT2D eigenvalue weighted by atomic mass is 35.5. The van der Waals surface area contributed by atoms with Gasteiger partial charge in [-0.3, -0.25) is 14.5 Å². The normalized spacial score (nSPS) is 19.3. The number of nitrogens with zero attached hydrogens (tertiary/aromatic N) is 3. The lowest BCUT2D eigenvalue weighted by atomic mass is 9.78.